The number of hydrogen-bond acceptors (Lipinski definition) is 4. The maximum atomic E-state index is 14.6. The van der Waals surface area contributed by atoms with Crippen LogP contribution in [0.4, 0.5) is 19.1 Å². The fourth-order valence-corrected chi connectivity index (χ4v) is 4.01. The molecule has 2 aromatic carbocycles. The van der Waals surface area contributed by atoms with E-state index in [0.29, 0.717) is 46.3 Å². The Hall–Kier alpha value is -4.14. The van der Waals surface area contributed by atoms with Crippen LogP contribution in [0.1, 0.15) is 20.8 Å². The highest BCUT2D eigenvalue weighted by atomic mass is 19.1. The Labute approximate surface area is 199 Å². The minimum absolute atomic E-state index is 0.000431. The molecule has 0 aliphatic heterocycles. The minimum atomic E-state index is -0.754. The van der Waals surface area contributed by atoms with E-state index in [1.54, 1.807) is 24.3 Å². The Balaban J connectivity index is 1.73. The Morgan fingerprint density at radius 2 is 1.57 bits per heavy atom. The number of nitrogens with zero attached hydrogens (tertiary/aromatic N) is 4. The first-order valence-electron chi connectivity index (χ1n) is 11.0. The Bertz CT molecular complexity index is 1520. The summed E-state index contributed by atoms with van der Waals surface area (Å²) in [5, 5.41) is 0. The number of anilines is 1. The predicted molar refractivity (Wildman–Crippen MR) is 130 cm³/mol. The molecule has 3 aromatic heterocycles. The molecule has 35 heavy (non-hydrogen) atoms. The van der Waals surface area contributed by atoms with Crippen molar-refractivity contribution in [3.63, 3.8) is 0 Å². The largest absolute Gasteiger partial charge is 0.369 e. The number of benzene rings is 2. The lowest BCUT2D eigenvalue weighted by molar-refractivity contribution is 0.350. The van der Waals surface area contributed by atoms with Gasteiger partial charge in [0, 0.05) is 12.1 Å². The number of imidazole rings is 2. The summed E-state index contributed by atoms with van der Waals surface area (Å²) in [6.07, 6.45) is 0. The van der Waals surface area contributed by atoms with Crippen molar-refractivity contribution in [1.82, 2.24) is 24.5 Å². The molecule has 9 heteroatoms. The maximum Gasteiger partial charge on any atom is 0.202 e. The number of pyridine rings is 1. The van der Waals surface area contributed by atoms with Gasteiger partial charge in [-0.3, -0.25) is 4.57 Å². The molecule has 3 N–H and O–H groups in total. The molecule has 0 aliphatic carbocycles. The summed E-state index contributed by atoms with van der Waals surface area (Å²) < 4.78 is 44.6. The van der Waals surface area contributed by atoms with E-state index in [0.717, 1.165) is 12.1 Å². The van der Waals surface area contributed by atoms with Crippen molar-refractivity contribution >= 4 is 17.1 Å². The van der Waals surface area contributed by atoms with E-state index < -0.39 is 17.5 Å². The maximum absolute atomic E-state index is 14.6. The van der Waals surface area contributed by atoms with Crippen LogP contribution in [-0.4, -0.2) is 24.5 Å². The number of hydrogen-bond donors (Lipinski definition) is 2. The van der Waals surface area contributed by atoms with Crippen molar-refractivity contribution in [3.05, 3.63) is 72.0 Å². The van der Waals surface area contributed by atoms with Gasteiger partial charge in [0.15, 0.2) is 5.65 Å². The smallest absolute Gasteiger partial charge is 0.202 e. The molecule has 5 aromatic rings. The molecule has 0 spiro atoms. The normalized spacial score (nSPS) is 11.9. The summed E-state index contributed by atoms with van der Waals surface area (Å²) in [6.45, 7) is 6.84. The Kier molecular flexibility index (Phi) is 5.35. The lowest BCUT2D eigenvalue weighted by Crippen LogP contribution is -2.17. The summed E-state index contributed by atoms with van der Waals surface area (Å²) >= 11 is 0. The average molecular weight is 477 g/mol. The quantitative estimate of drug-likeness (QED) is 0.323. The van der Waals surface area contributed by atoms with E-state index in [2.05, 4.69) is 35.7 Å². The van der Waals surface area contributed by atoms with Crippen LogP contribution in [0.25, 0.3) is 45.2 Å². The van der Waals surface area contributed by atoms with Crippen LogP contribution in [0.15, 0.2) is 54.6 Å². The first kappa shape index (κ1) is 22.6. The summed E-state index contributed by atoms with van der Waals surface area (Å²) in [6, 6.07) is 12.8. The predicted octanol–water partition coefficient (Wildman–Crippen LogP) is 6.20. The molecule has 0 fully saturated rings. The van der Waals surface area contributed by atoms with Crippen LogP contribution < -0.4 is 5.73 Å². The summed E-state index contributed by atoms with van der Waals surface area (Å²) in [4.78, 5) is 16.7. The fraction of sp³-hybridized carbons (Fsp3) is 0.192. The number of fused-ring (bicyclic) bond motifs is 1. The zero-order valence-corrected chi connectivity index (χ0v) is 19.4. The van der Waals surface area contributed by atoms with Crippen LogP contribution in [-0.2, 0) is 6.54 Å². The van der Waals surface area contributed by atoms with Crippen molar-refractivity contribution in [2.75, 3.05) is 5.73 Å². The number of H-pyrrole nitrogens is 1. The van der Waals surface area contributed by atoms with Crippen molar-refractivity contribution < 1.29 is 13.2 Å². The lowest BCUT2D eigenvalue weighted by atomic mass is 9.97. The summed E-state index contributed by atoms with van der Waals surface area (Å²) in [5.41, 5.74) is 8.85. The van der Waals surface area contributed by atoms with Crippen LogP contribution in [0.2, 0.25) is 0 Å². The molecule has 0 aliphatic rings. The van der Waals surface area contributed by atoms with Gasteiger partial charge in [-0.15, -0.1) is 0 Å². The number of nitrogen functional groups attached to an aromatic ring is 1. The number of aromatic nitrogens is 5. The monoisotopic (exact) mass is 476 g/mol. The van der Waals surface area contributed by atoms with Gasteiger partial charge < -0.3 is 10.7 Å². The molecule has 6 nitrogen and oxygen atoms in total. The highest BCUT2D eigenvalue weighted by Gasteiger charge is 2.23. The van der Waals surface area contributed by atoms with Gasteiger partial charge in [0.25, 0.3) is 0 Å². The molecular weight excluding hydrogens is 453 g/mol. The summed E-state index contributed by atoms with van der Waals surface area (Å²) in [7, 11) is 0. The van der Waals surface area contributed by atoms with Crippen LogP contribution in [0.3, 0.4) is 0 Å². The highest BCUT2D eigenvalue weighted by molar-refractivity contribution is 5.83. The van der Waals surface area contributed by atoms with E-state index in [-0.39, 0.29) is 16.8 Å². The zero-order valence-electron chi connectivity index (χ0n) is 19.4. The number of halogens is 3. The van der Waals surface area contributed by atoms with Gasteiger partial charge in [-0.2, -0.15) is 0 Å². The van der Waals surface area contributed by atoms with Gasteiger partial charge in [-0.1, -0.05) is 26.8 Å². The zero-order chi connectivity index (χ0) is 24.9. The van der Waals surface area contributed by atoms with Crippen molar-refractivity contribution in [2.45, 2.75) is 27.3 Å². The molecule has 0 amide bonds. The average Bonchev–Trinajstić information content (AvgIpc) is 3.34. The minimum Gasteiger partial charge on any atom is -0.369 e. The molecule has 0 saturated heterocycles. The topological polar surface area (TPSA) is 85.4 Å². The first-order chi connectivity index (χ1) is 16.6. The first-order valence-corrected chi connectivity index (χ1v) is 11.0. The van der Waals surface area contributed by atoms with Gasteiger partial charge in [-0.05, 0) is 53.9 Å². The molecule has 0 saturated carbocycles. The fourth-order valence-electron chi connectivity index (χ4n) is 4.01. The highest BCUT2D eigenvalue weighted by Crippen LogP contribution is 2.35. The van der Waals surface area contributed by atoms with E-state index >= 15 is 0 Å². The Morgan fingerprint density at radius 1 is 0.886 bits per heavy atom. The number of rotatable bonds is 4. The van der Waals surface area contributed by atoms with E-state index in [1.807, 2.05) is 4.57 Å². The SMILES string of the molecule is CC(C)(C)Cn1c(N)nc2ccc(-c3[nH]c(-c4c(F)cccc4F)nc3-c3ccc(F)cc3)nc21. The Morgan fingerprint density at radius 3 is 2.23 bits per heavy atom. The molecular formula is C26H23F3N6. The van der Waals surface area contributed by atoms with Crippen LogP contribution in [0, 0.1) is 22.9 Å². The molecule has 0 unspecified atom stereocenters. The van der Waals surface area contributed by atoms with Crippen molar-refractivity contribution in [3.8, 4) is 34.0 Å². The molecule has 178 valence electrons. The van der Waals surface area contributed by atoms with Gasteiger partial charge in [-0.25, -0.2) is 28.1 Å². The van der Waals surface area contributed by atoms with Gasteiger partial charge >= 0.3 is 0 Å². The third kappa shape index (κ3) is 4.25. The number of nitrogens with one attached hydrogen (secondary N) is 1. The van der Waals surface area contributed by atoms with E-state index in [9.17, 15) is 13.2 Å². The van der Waals surface area contributed by atoms with Gasteiger partial charge in [0.1, 0.15) is 28.8 Å². The second-order valence-electron chi connectivity index (χ2n) is 9.57. The number of aromatic amines is 1. The second-order valence-corrected chi connectivity index (χ2v) is 9.57. The lowest BCUT2D eigenvalue weighted by Gasteiger charge is -2.19. The van der Waals surface area contributed by atoms with Crippen molar-refractivity contribution in [2.24, 2.45) is 5.41 Å². The molecule has 0 bridgehead atoms. The van der Waals surface area contributed by atoms with Crippen LogP contribution >= 0.6 is 0 Å². The molecule has 5 rings (SSSR count). The van der Waals surface area contributed by atoms with Crippen molar-refractivity contribution in [1.29, 1.82) is 0 Å². The molecule has 0 radical (unpaired) electrons. The van der Waals surface area contributed by atoms with E-state index in [1.165, 1.54) is 18.2 Å². The third-order valence-corrected chi connectivity index (χ3v) is 5.53. The molecule has 3 heterocycles. The van der Waals surface area contributed by atoms with Crippen LogP contribution in [0.5, 0.6) is 0 Å². The van der Waals surface area contributed by atoms with E-state index in [4.69, 9.17) is 10.7 Å². The standard InChI is InChI=1S/C26H23F3N6/c1-26(2,3)13-35-24-19(32-25(35)30)12-11-18(31-24)22-21(14-7-9-15(27)10-8-14)33-23(34-22)20-16(28)5-4-6-17(20)29/h4-12H,13H2,1-3H3,(H2,30,32)(H,33,34). The van der Waals surface area contributed by atoms with Gasteiger partial charge in [0.05, 0.1) is 22.6 Å². The third-order valence-electron chi connectivity index (χ3n) is 5.53. The number of nitrogens with two attached hydrogens (primary N) is 1. The summed E-state index contributed by atoms with van der Waals surface area (Å²) in [5.74, 6) is -1.57. The molecule has 0 atom stereocenters. The van der Waals surface area contributed by atoms with Gasteiger partial charge in [0.2, 0.25) is 5.95 Å². The second kappa shape index (κ2) is 8.26.